The molecule has 32 heavy (non-hydrogen) atoms. The maximum Gasteiger partial charge on any atom is 0.261 e. The van der Waals surface area contributed by atoms with Crippen LogP contribution in [0.15, 0.2) is 48.5 Å². The number of ether oxygens (including phenoxy) is 1. The first kappa shape index (κ1) is 25.4. The lowest BCUT2D eigenvalue weighted by atomic mass is 10.0. The van der Waals surface area contributed by atoms with Gasteiger partial charge in [-0.3, -0.25) is 9.59 Å². The quantitative estimate of drug-likeness (QED) is 0.462. The molecule has 5 nitrogen and oxygen atoms in total. The topological polar surface area (TPSA) is 58.6 Å². The SMILES string of the molecule is CCCCNC(=O)[C@@H](CC)N(Cc1cccc(C)c1)C(=O)COc1ccc(C(C)C)cc1. The van der Waals surface area contributed by atoms with E-state index in [1.807, 2.05) is 62.4 Å². The maximum atomic E-state index is 13.2. The van der Waals surface area contributed by atoms with E-state index in [0.29, 0.717) is 31.2 Å². The molecular formula is C27H38N2O3. The standard InChI is InChI=1S/C27H38N2O3/c1-6-8-16-28-27(31)25(7-2)29(18-22-11-9-10-21(5)17-22)26(30)19-32-24-14-12-23(13-15-24)20(3)4/h9-15,17,20,25H,6-8,16,18-19H2,1-5H3,(H,28,31)/t25-/m1/s1. The molecule has 0 radical (unpaired) electrons. The van der Waals surface area contributed by atoms with Gasteiger partial charge in [0.25, 0.3) is 5.91 Å². The van der Waals surface area contributed by atoms with Crippen LogP contribution in [-0.2, 0) is 16.1 Å². The Bertz CT molecular complexity index is 861. The zero-order chi connectivity index (χ0) is 23.5. The van der Waals surface area contributed by atoms with Crippen molar-refractivity contribution in [3.63, 3.8) is 0 Å². The molecule has 5 heteroatoms. The first-order valence-electron chi connectivity index (χ1n) is 11.7. The molecule has 0 aliphatic heterocycles. The van der Waals surface area contributed by atoms with Crippen LogP contribution in [0.2, 0.25) is 0 Å². The number of hydrogen-bond donors (Lipinski definition) is 1. The molecule has 0 aliphatic carbocycles. The Kier molecular flexibility index (Phi) is 10.3. The van der Waals surface area contributed by atoms with Crippen LogP contribution in [0.3, 0.4) is 0 Å². The predicted molar refractivity (Wildman–Crippen MR) is 130 cm³/mol. The van der Waals surface area contributed by atoms with Gasteiger partial charge in [0.1, 0.15) is 11.8 Å². The van der Waals surface area contributed by atoms with E-state index >= 15 is 0 Å². The molecule has 0 saturated carbocycles. The smallest absolute Gasteiger partial charge is 0.261 e. The van der Waals surface area contributed by atoms with Crippen LogP contribution in [0.25, 0.3) is 0 Å². The number of carbonyl (C=O) groups excluding carboxylic acids is 2. The molecule has 1 N–H and O–H groups in total. The minimum absolute atomic E-state index is 0.106. The fourth-order valence-electron chi connectivity index (χ4n) is 3.61. The largest absolute Gasteiger partial charge is 0.484 e. The fraction of sp³-hybridized carbons (Fsp3) is 0.481. The van der Waals surface area contributed by atoms with Gasteiger partial charge in [0.15, 0.2) is 6.61 Å². The second-order valence-corrected chi connectivity index (χ2v) is 8.59. The monoisotopic (exact) mass is 438 g/mol. The Morgan fingerprint density at radius 1 is 1.06 bits per heavy atom. The van der Waals surface area contributed by atoms with Crippen molar-refractivity contribution < 1.29 is 14.3 Å². The highest BCUT2D eigenvalue weighted by molar-refractivity contribution is 5.88. The molecule has 0 saturated heterocycles. The van der Waals surface area contributed by atoms with Crippen molar-refractivity contribution in [2.24, 2.45) is 0 Å². The van der Waals surface area contributed by atoms with E-state index in [-0.39, 0.29) is 18.4 Å². The number of amides is 2. The molecule has 0 bridgehead atoms. The number of aryl methyl sites for hydroxylation is 1. The summed E-state index contributed by atoms with van der Waals surface area (Å²) in [6, 6.07) is 15.3. The van der Waals surface area contributed by atoms with Gasteiger partial charge in [0.2, 0.25) is 5.91 Å². The van der Waals surface area contributed by atoms with Crippen LogP contribution in [0.5, 0.6) is 5.75 Å². The molecule has 2 aromatic carbocycles. The average molecular weight is 439 g/mol. The third-order valence-electron chi connectivity index (χ3n) is 5.56. The Morgan fingerprint density at radius 2 is 1.78 bits per heavy atom. The Balaban J connectivity index is 2.15. The van der Waals surface area contributed by atoms with Gasteiger partial charge in [-0.15, -0.1) is 0 Å². The summed E-state index contributed by atoms with van der Waals surface area (Å²) in [6.07, 6.45) is 2.47. The normalized spacial score (nSPS) is 11.8. The number of rotatable bonds is 12. The minimum atomic E-state index is -0.535. The van der Waals surface area contributed by atoms with E-state index < -0.39 is 6.04 Å². The van der Waals surface area contributed by atoms with Gasteiger partial charge in [-0.05, 0) is 48.9 Å². The fourth-order valence-corrected chi connectivity index (χ4v) is 3.61. The molecule has 0 unspecified atom stereocenters. The maximum absolute atomic E-state index is 13.2. The summed E-state index contributed by atoms with van der Waals surface area (Å²) in [5.74, 6) is 0.783. The molecular weight excluding hydrogens is 400 g/mol. The number of hydrogen-bond acceptors (Lipinski definition) is 3. The van der Waals surface area contributed by atoms with Crippen molar-refractivity contribution >= 4 is 11.8 Å². The average Bonchev–Trinajstić information content (AvgIpc) is 2.77. The van der Waals surface area contributed by atoms with Gasteiger partial charge < -0.3 is 15.0 Å². The van der Waals surface area contributed by atoms with Crippen LogP contribution in [0.4, 0.5) is 0 Å². The number of nitrogens with one attached hydrogen (secondary N) is 1. The number of nitrogens with zero attached hydrogens (tertiary/aromatic N) is 1. The number of benzene rings is 2. The van der Waals surface area contributed by atoms with Gasteiger partial charge >= 0.3 is 0 Å². The summed E-state index contributed by atoms with van der Waals surface area (Å²) in [6.45, 7) is 11.2. The highest BCUT2D eigenvalue weighted by atomic mass is 16.5. The Morgan fingerprint density at radius 3 is 2.38 bits per heavy atom. The van der Waals surface area contributed by atoms with Crippen molar-refractivity contribution in [2.45, 2.75) is 72.4 Å². The lowest BCUT2D eigenvalue weighted by Gasteiger charge is -2.30. The molecule has 0 fully saturated rings. The van der Waals surface area contributed by atoms with Crippen LogP contribution in [-0.4, -0.2) is 35.9 Å². The lowest BCUT2D eigenvalue weighted by Crippen LogP contribution is -2.50. The van der Waals surface area contributed by atoms with Gasteiger partial charge in [-0.2, -0.15) is 0 Å². The predicted octanol–water partition coefficient (Wildman–Crippen LogP) is 5.22. The first-order chi connectivity index (χ1) is 15.3. The summed E-state index contributed by atoms with van der Waals surface area (Å²) >= 11 is 0. The van der Waals surface area contributed by atoms with Crippen LogP contribution >= 0.6 is 0 Å². The molecule has 174 valence electrons. The van der Waals surface area contributed by atoms with Gasteiger partial charge in [0.05, 0.1) is 0 Å². The highest BCUT2D eigenvalue weighted by Crippen LogP contribution is 2.19. The molecule has 0 aliphatic rings. The summed E-state index contributed by atoms with van der Waals surface area (Å²) in [7, 11) is 0. The van der Waals surface area contributed by atoms with E-state index in [1.165, 1.54) is 5.56 Å². The summed E-state index contributed by atoms with van der Waals surface area (Å²) in [5.41, 5.74) is 3.34. The van der Waals surface area contributed by atoms with E-state index in [2.05, 4.69) is 26.1 Å². The van der Waals surface area contributed by atoms with Gasteiger partial charge in [-0.1, -0.05) is 76.1 Å². The first-order valence-corrected chi connectivity index (χ1v) is 11.7. The molecule has 0 heterocycles. The lowest BCUT2D eigenvalue weighted by molar-refractivity contribution is -0.143. The third kappa shape index (κ3) is 7.70. The summed E-state index contributed by atoms with van der Waals surface area (Å²) in [4.78, 5) is 27.8. The Hall–Kier alpha value is -2.82. The number of carbonyl (C=O) groups is 2. The van der Waals surface area contributed by atoms with E-state index in [4.69, 9.17) is 4.74 Å². The van der Waals surface area contributed by atoms with Crippen LogP contribution in [0, 0.1) is 6.92 Å². The third-order valence-corrected chi connectivity index (χ3v) is 5.56. The van der Waals surface area contributed by atoms with Crippen molar-refractivity contribution in [3.8, 4) is 5.75 Å². The van der Waals surface area contributed by atoms with Crippen molar-refractivity contribution in [3.05, 3.63) is 65.2 Å². The molecule has 2 aromatic rings. The Labute approximate surface area is 193 Å². The second-order valence-electron chi connectivity index (χ2n) is 8.59. The number of unbranched alkanes of at least 4 members (excludes halogenated alkanes) is 1. The van der Waals surface area contributed by atoms with E-state index in [9.17, 15) is 9.59 Å². The van der Waals surface area contributed by atoms with Crippen molar-refractivity contribution in [1.29, 1.82) is 0 Å². The van der Waals surface area contributed by atoms with E-state index in [0.717, 1.165) is 24.0 Å². The van der Waals surface area contributed by atoms with Crippen molar-refractivity contribution in [1.82, 2.24) is 10.2 Å². The van der Waals surface area contributed by atoms with Crippen LogP contribution in [0.1, 0.15) is 69.6 Å². The zero-order valence-corrected chi connectivity index (χ0v) is 20.2. The van der Waals surface area contributed by atoms with Gasteiger partial charge in [-0.25, -0.2) is 0 Å². The zero-order valence-electron chi connectivity index (χ0n) is 20.2. The molecule has 1 atom stereocenters. The van der Waals surface area contributed by atoms with Crippen LogP contribution < -0.4 is 10.1 Å². The summed E-state index contributed by atoms with van der Waals surface area (Å²) in [5, 5.41) is 2.98. The molecule has 0 aromatic heterocycles. The molecule has 2 rings (SSSR count). The molecule has 0 spiro atoms. The molecule has 2 amide bonds. The minimum Gasteiger partial charge on any atom is -0.484 e. The van der Waals surface area contributed by atoms with E-state index in [1.54, 1.807) is 4.90 Å². The second kappa shape index (κ2) is 12.9. The van der Waals surface area contributed by atoms with Crippen molar-refractivity contribution in [2.75, 3.05) is 13.2 Å². The van der Waals surface area contributed by atoms with Gasteiger partial charge in [0, 0.05) is 13.1 Å². The summed E-state index contributed by atoms with van der Waals surface area (Å²) < 4.78 is 5.79. The highest BCUT2D eigenvalue weighted by Gasteiger charge is 2.28.